The first-order chi connectivity index (χ1) is 8.13. The Kier molecular flexibility index (Phi) is 4.19. The van der Waals surface area contributed by atoms with Gasteiger partial charge in [0.2, 0.25) is 5.91 Å². The smallest absolute Gasteiger partial charge is 0.225 e. The molecule has 0 unspecified atom stereocenters. The van der Waals surface area contributed by atoms with Crippen molar-refractivity contribution in [2.24, 2.45) is 8.73 Å². The number of carbonyl (C=O) groups is 1. The van der Waals surface area contributed by atoms with Gasteiger partial charge in [-0.3, -0.25) is 4.79 Å². The summed E-state index contributed by atoms with van der Waals surface area (Å²) in [6.07, 6.45) is 0.359. The summed E-state index contributed by atoms with van der Waals surface area (Å²) in [5.74, 6) is -0.139. The lowest BCUT2D eigenvalue weighted by atomic mass is 10.2. The topological polar surface area (TPSA) is 53.8 Å². The maximum atomic E-state index is 11.5. The standard InChI is InChI=1S/C9H6BrCl2N3OS/c10-2-1-6(16)13-7-4(11)3-5(12)8-9(7)15-17-14-8/h3H,1-2H2,(H,13,16). The fourth-order valence-electron chi connectivity index (χ4n) is 1.28. The predicted octanol–water partition coefficient (Wildman–Crippen LogP) is 4.44. The van der Waals surface area contributed by atoms with E-state index in [4.69, 9.17) is 23.2 Å². The molecular weight excluding hydrogens is 349 g/mol. The second-order valence-corrected chi connectivity index (χ2v) is 5.30. The van der Waals surface area contributed by atoms with E-state index in [0.717, 1.165) is 11.4 Å². The summed E-state index contributed by atoms with van der Waals surface area (Å²) in [4.78, 5) is 11.5. The monoisotopic (exact) mass is 353 g/mol. The van der Waals surface area contributed by atoms with Gasteiger partial charge >= 0.3 is 0 Å². The summed E-state index contributed by atoms with van der Waals surface area (Å²) in [5, 5.41) is 4.09. The molecule has 0 atom stereocenters. The Hall–Kier alpha value is -0.430. The van der Waals surface area contributed by atoms with E-state index in [9.17, 15) is 4.79 Å². The van der Waals surface area contributed by atoms with Gasteiger partial charge in [-0.05, 0) is 6.07 Å². The summed E-state index contributed by atoms with van der Waals surface area (Å²) >= 11 is 16.2. The van der Waals surface area contributed by atoms with Crippen LogP contribution in [0, 0.1) is 0 Å². The van der Waals surface area contributed by atoms with Crippen LogP contribution in [0.5, 0.6) is 0 Å². The minimum absolute atomic E-state index is 0.139. The summed E-state index contributed by atoms with van der Waals surface area (Å²) in [7, 11) is 0. The first kappa shape index (κ1) is 13.0. The Balaban J connectivity index is 2.39. The molecule has 1 aliphatic rings. The molecule has 1 aliphatic heterocycles. The Morgan fingerprint density at radius 3 is 2.76 bits per heavy atom. The van der Waals surface area contributed by atoms with Crippen molar-refractivity contribution in [3.05, 3.63) is 16.1 Å². The van der Waals surface area contributed by atoms with E-state index in [1.54, 1.807) is 6.07 Å². The molecule has 0 saturated carbocycles. The fourth-order valence-corrected chi connectivity index (χ4v) is 2.80. The van der Waals surface area contributed by atoms with Gasteiger partial charge in [0.1, 0.15) is 11.4 Å². The van der Waals surface area contributed by atoms with E-state index in [2.05, 4.69) is 30.0 Å². The first-order valence-electron chi connectivity index (χ1n) is 4.59. The van der Waals surface area contributed by atoms with Crippen LogP contribution in [-0.2, 0) is 16.1 Å². The van der Waals surface area contributed by atoms with Gasteiger partial charge < -0.3 is 5.32 Å². The van der Waals surface area contributed by atoms with E-state index in [1.165, 1.54) is 0 Å². The first-order valence-corrected chi connectivity index (χ1v) is 7.20. The molecule has 1 amide bonds. The number of nitrogens with zero attached hydrogens (tertiary/aromatic N) is 2. The highest BCUT2D eigenvalue weighted by Crippen LogP contribution is 2.47. The molecule has 0 spiro atoms. The van der Waals surface area contributed by atoms with Crippen molar-refractivity contribution in [3.63, 3.8) is 0 Å². The van der Waals surface area contributed by atoms with Gasteiger partial charge in [0.05, 0.1) is 27.1 Å². The number of fused-ring (bicyclic) bond motifs is 1. The van der Waals surface area contributed by atoms with Crippen LogP contribution in [0.3, 0.4) is 0 Å². The number of nitrogens with one attached hydrogen (secondary N) is 1. The van der Waals surface area contributed by atoms with E-state index < -0.39 is 0 Å². The molecule has 0 aromatic heterocycles. The van der Waals surface area contributed by atoms with Crippen LogP contribution in [-0.4, -0.2) is 11.2 Å². The van der Waals surface area contributed by atoms with Crippen LogP contribution < -0.4 is 5.32 Å². The number of hydrogen-bond acceptors (Lipinski definition) is 3. The summed E-state index contributed by atoms with van der Waals surface area (Å²) in [6, 6.07) is 1.55. The van der Waals surface area contributed by atoms with E-state index >= 15 is 0 Å². The molecule has 1 aromatic carbocycles. The SMILES string of the molecule is O=C(CCBr)Nc1c(Cl)cc(Cl)c2c1N=S=N2. The average molecular weight is 355 g/mol. The molecule has 0 saturated heterocycles. The second-order valence-electron chi connectivity index (χ2n) is 3.16. The molecule has 0 bridgehead atoms. The van der Waals surface area contributed by atoms with E-state index in [0.29, 0.717) is 38.9 Å². The number of hydrogen-bond donors (Lipinski definition) is 1. The van der Waals surface area contributed by atoms with Crippen LogP contribution in [0.2, 0.25) is 10.0 Å². The molecule has 17 heavy (non-hydrogen) atoms. The van der Waals surface area contributed by atoms with E-state index in [1.807, 2.05) is 0 Å². The Morgan fingerprint density at radius 1 is 1.35 bits per heavy atom. The molecular formula is C9H6BrCl2N3OS. The number of amides is 1. The summed E-state index contributed by atoms with van der Waals surface area (Å²) < 4.78 is 8.14. The van der Waals surface area contributed by atoms with Crippen LogP contribution in [0.15, 0.2) is 14.8 Å². The third-order valence-corrected chi connectivity index (χ3v) is 3.54. The average Bonchev–Trinajstić information content (AvgIpc) is 2.73. The Bertz CT molecular complexity index is 558. The van der Waals surface area contributed by atoms with Gasteiger partial charge in [0, 0.05) is 11.8 Å². The summed E-state index contributed by atoms with van der Waals surface area (Å²) in [5.41, 5.74) is 1.54. The zero-order valence-electron chi connectivity index (χ0n) is 8.34. The van der Waals surface area contributed by atoms with Crippen molar-refractivity contribution in [2.45, 2.75) is 6.42 Å². The predicted molar refractivity (Wildman–Crippen MR) is 75.0 cm³/mol. The molecule has 1 heterocycles. The highest BCUT2D eigenvalue weighted by Gasteiger charge is 2.19. The Labute approximate surface area is 120 Å². The number of anilines is 1. The lowest BCUT2D eigenvalue weighted by molar-refractivity contribution is -0.115. The van der Waals surface area contributed by atoms with Gasteiger partial charge in [0.15, 0.2) is 0 Å². The second kappa shape index (κ2) is 5.48. The van der Waals surface area contributed by atoms with Crippen LogP contribution in [0.1, 0.15) is 6.42 Å². The number of carbonyl (C=O) groups excluding carboxylic acids is 1. The number of rotatable bonds is 3. The number of halogens is 3. The van der Waals surface area contributed by atoms with Crippen molar-refractivity contribution in [2.75, 3.05) is 10.6 Å². The third kappa shape index (κ3) is 2.70. The van der Waals surface area contributed by atoms with Crippen molar-refractivity contribution in [1.82, 2.24) is 0 Å². The zero-order chi connectivity index (χ0) is 12.4. The van der Waals surface area contributed by atoms with Gasteiger partial charge in [-0.15, -0.1) is 0 Å². The lowest BCUT2D eigenvalue weighted by Crippen LogP contribution is -2.12. The zero-order valence-corrected chi connectivity index (χ0v) is 12.3. The van der Waals surface area contributed by atoms with Crippen LogP contribution in [0.4, 0.5) is 17.1 Å². The molecule has 1 N–H and O–H groups in total. The fraction of sp³-hybridized carbons (Fsp3) is 0.222. The highest BCUT2D eigenvalue weighted by atomic mass is 79.9. The minimum Gasteiger partial charge on any atom is -0.323 e. The summed E-state index contributed by atoms with van der Waals surface area (Å²) in [6.45, 7) is 0. The molecule has 0 radical (unpaired) electrons. The quantitative estimate of drug-likeness (QED) is 0.813. The molecule has 0 aliphatic carbocycles. The van der Waals surface area contributed by atoms with Crippen molar-refractivity contribution >= 4 is 73.5 Å². The lowest BCUT2D eigenvalue weighted by Gasteiger charge is -2.10. The van der Waals surface area contributed by atoms with Crippen molar-refractivity contribution < 1.29 is 4.79 Å². The maximum Gasteiger partial charge on any atom is 0.225 e. The van der Waals surface area contributed by atoms with Crippen molar-refractivity contribution in [3.8, 4) is 0 Å². The van der Waals surface area contributed by atoms with E-state index in [-0.39, 0.29) is 5.91 Å². The largest absolute Gasteiger partial charge is 0.323 e. The van der Waals surface area contributed by atoms with Gasteiger partial charge in [-0.25, -0.2) is 0 Å². The van der Waals surface area contributed by atoms with Gasteiger partial charge in [-0.2, -0.15) is 8.73 Å². The normalized spacial score (nSPS) is 12.2. The van der Waals surface area contributed by atoms with Crippen molar-refractivity contribution in [1.29, 1.82) is 0 Å². The molecule has 2 rings (SSSR count). The third-order valence-electron chi connectivity index (χ3n) is 2.03. The van der Waals surface area contributed by atoms with Crippen LogP contribution in [0.25, 0.3) is 0 Å². The highest BCUT2D eigenvalue weighted by molar-refractivity contribution is 9.09. The van der Waals surface area contributed by atoms with Crippen LogP contribution >= 0.6 is 39.1 Å². The van der Waals surface area contributed by atoms with Gasteiger partial charge in [0.25, 0.3) is 0 Å². The molecule has 4 nitrogen and oxygen atoms in total. The Morgan fingerprint density at radius 2 is 2.06 bits per heavy atom. The molecule has 0 fully saturated rings. The maximum absolute atomic E-state index is 11.5. The molecule has 8 heteroatoms. The van der Waals surface area contributed by atoms with Gasteiger partial charge in [-0.1, -0.05) is 39.1 Å². The molecule has 1 aromatic rings. The number of alkyl halides is 1. The number of benzene rings is 1. The minimum atomic E-state index is -0.139. The molecule has 90 valence electrons.